The Bertz CT molecular complexity index is 451. The minimum atomic E-state index is 0. The highest BCUT2D eigenvalue weighted by molar-refractivity contribution is 6.07. The third kappa shape index (κ3) is 2.25. The second-order valence-corrected chi connectivity index (χ2v) is 3.07. The van der Waals surface area contributed by atoms with Gasteiger partial charge in [-0.2, -0.15) is 0 Å². The molecule has 0 aromatic carbocycles. The lowest BCUT2D eigenvalue weighted by molar-refractivity contribution is 0.103. The van der Waals surface area contributed by atoms with Crippen molar-refractivity contribution in [2.24, 2.45) is 7.05 Å². The summed E-state index contributed by atoms with van der Waals surface area (Å²) in [6.07, 6.45) is 5.10. The highest BCUT2D eigenvalue weighted by atomic mass is 35.5. The van der Waals surface area contributed by atoms with Gasteiger partial charge in [-0.15, -0.1) is 12.4 Å². The van der Waals surface area contributed by atoms with E-state index in [1.54, 1.807) is 24.5 Å². The van der Waals surface area contributed by atoms with Crippen LogP contribution in [0, 0.1) is 0 Å². The fraction of sp³-hybridized carbons (Fsp3) is 0.0909. The Kier molecular flexibility index (Phi) is 3.63. The van der Waals surface area contributed by atoms with Crippen molar-refractivity contribution in [3.8, 4) is 0 Å². The molecule has 0 bridgehead atoms. The second kappa shape index (κ2) is 4.75. The van der Waals surface area contributed by atoms with Crippen LogP contribution in [-0.2, 0) is 7.05 Å². The lowest BCUT2D eigenvalue weighted by atomic mass is 10.1. The first kappa shape index (κ1) is 11.5. The predicted molar refractivity (Wildman–Crippen MR) is 60.3 cm³/mol. The molecule has 2 aromatic rings. The number of halogens is 1. The molecule has 3 nitrogen and oxygen atoms in total. The van der Waals surface area contributed by atoms with Crippen LogP contribution in [-0.4, -0.2) is 15.3 Å². The molecular formula is C11H11ClN2O. The van der Waals surface area contributed by atoms with Crippen molar-refractivity contribution in [3.05, 3.63) is 54.1 Å². The summed E-state index contributed by atoms with van der Waals surface area (Å²) >= 11 is 0. The summed E-state index contributed by atoms with van der Waals surface area (Å²) in [5.41, 5.74) is 1.36. The van der Waals surface area contributed by atoms with E-state index in [0.717, 1.165) is 0 Å². The number of aromatic nitrogens is 2. The number of carbonyl (C=O) groups excluding carboxylic acids is 1. The van der Waals surface area contributed by atoms with E-state index in [4.69, 9.17) is 0 Å². The molecule has 0 aliphatic rings. The fourth-order valence-corrected chi connectivity index (χ4v) is 1.35. The quantitative estimate of drug-likeness (QED) is 0.730. The van der Waals surface area contributed by atoms with Gasteiger partial charge in [-0.05, 0) is 24.3 Å². The molecule has 4 heteroatoms. The van der Waals surface area contributed by atoms with Crippen molar-refractivity contribution in [3.63, 3.8) is 0 Å². The third-order valence-electron chi connectivity index (χ3n) is 2.12. The Balaban J connectivity index is 0.00000112. The average Bonchev–Trinajstić information content (AvgIpc) is 2.65. The first-order valence-electron chi connectivity index (χ1n) is 4.35. The van der Waals surface area contributed by atoms with Crippen LogP contribution in [0.2, 0.25) is 0 Å². The number of ketones is 1. The smallest absolute Gasteiger partial charge is 0.209 e. The van der Waals surface area contributed by atoms with Crippen LogP contribution < -0.4 is 0 Å². The second-order valence-electron chi connectivity index (χ2n) is 3.07. The molecule has 2 rings (SSSR count). The monoisotopic (exact) mass is 222 g/mol. The van der Waals surface area contributed by atoms with E-state index in [-0.39, 0.29) is 18.2 Å². The van der Waals surface area contributed by atoms with Gasteiger partial charge < -0.3 is 4.57 Å². The van der Waals surface area contributed by atoms with E-state index in [9.17, 15) is 4.79 Å². The van der Waals surface area contributed by atoms with E-state index >= 15 is 0 Å². The molecule has 0 saturated carbocycles. The zero-order chi connectivity index (χ0) is 9.97. The number of rotatable bonds is 2. The van der Waals surface area contributed by atoms with Crippen molar-refractivity contribution < 1.29 is 4.79 Å². The van der Waals surface area contributed by atoms with Gasteiger partial charge in [0.15, 0.2) is 0 Å². The fourth-order valence-electron chi connectivity index (χ4n) is 1.35. The van der Waals surface area contributed by atoms with E-state index in [2.05, 4.69) is 4.98 Å². The molecule has 2 heterocycles. The molecule has 0 saturated heterocycles. The van der Waals surface area contributed by atoms with E-state index in [0.29, 0.717) is 11.3 Å². The lowest BCUT2D eigenvalue weighted by Crippen LogP contribution is -2.06. The van der Waals surface area contributed by atoms with Crippen molar-refractivity contribution in [1.29, 1.82) is 0 Å². The predicted octanol–water partition coefficient (Wildman–Crippen LogP) is 2.07. The molecule has 0 atom stereocenters. The van der Waals surface area contributed by atoms with Crippen LogP contribution >= 0.6 is 12.4 Å². The van der Waals surface area contributed by atoms with Crippen LogP contribution in [0.15, 0.2) is 42.9 Å². The molecule has 0 aliphatic carbocycles. The maximum atomic E-state index is 11.9. The highest BCUT2D eigenvalue weighted by Crippen LogP contribution is 2.08. The largest absolute Gasteiger partial charge is 0.348 e. The minimum absolute atomic E-state index is 0. The van der Waals surface area contributed by atoms with Crippen molar-refractivity contribution in [2.45, 2.75) is 0 Å². The summed E-state index contributed by atoms with van der Waals surface area (Å²) in [6.45, 7) is 0. The SMILES string of the molecule is Cl.Cn1cccc1C(=O)c1ccncc1. The number of aryl methyl sites for hydroxylation is 1. The number of hydrogen-bond acceptors (Lipinski definition) is 2. The summed E-state index contributed by atoms with van der Waals surface area (Å²) in [6, 6.07) is 7.10. The molecule has 0 N–H and O–H groups in total. The van der Waals surface area contributed by atoms with Crippen LogP contribution in [0.3, 0.4) is 0 Å². The van der Waals surface area contributed by atoms with Gasteiger partial charge >= 0.3 is 0 Å². The molecule has 0 radical (unpaired) electrons. The van der Waals surface area contributed by atoms with Gasteiger partial charge in [-0.25, -0.2) is 0 Å². The summed E-state index contributed by atoms with van der Waals surface area (Å²) in [7, 11) is 1.86. The number of nitrogens with zero attached hydrogens (tertiary/aromatic N) is 2. The first-order chi connectivity index (χ1) is 6.79. The Hall–Kier alpha value is -1.61. The maximum Gasteiger partial charge on any atom is 0.209 e. The van der Waals surface area contributed by atoms with Crippen LogP contribution in [0.4, 0.5) is 0 Å². The van der Waals surface area contributed by atoms with Gasteiger partial charge in [0.1, 0.15) is 0 Å². The molecule has 78 valence electrons. The third-order valence-corrected chi connectivity index (χ3v) is 2.12. The summed E-state index contributed by atoms with van der Waals surface area (Å²) < 4.78 is 1.81. The Morgan fingerprint density at radius 2 is 1.93 bits per heavy atom. The zero-order valence-corrected chi connectivity index (χ0v) is 9.07. The molecule has 15 heavy (non-hydrogen) atoms. The molecule has 0 unspecified atom stereocenters. The number of carbonyl (C=O) groups is 1. The Morgan fingerprint density at radius 3 is 2.47 bits per heavy atom. The van der Waals surface area contributed by atoms with Gasteiger partial charge in [0.05, 0.1) is 5.69 Å². The van der Waals surface area contributed by atoms with E-state index < -0.39 is 0 Å². The van der Waals surface area contributed by atoms with Gasteiger partial charge in [-0.3, -0.25) is 9.78 Å². The summed E-state index contributed by atoms with van der Waals surface area (Å²) in [5, 5.41) is 0. The minimum Gasteiger partial charge on any atom is -0.348 e. The van der Waals surface area contributed by atoms with Gasteiger partial charge in [0.2, 0.25) is 5.78 Å². The van der Waals surface area contributed by atoms with Crippen molar-refractivity contribution in [1.82, 2.24) is 9.55 Å². The topological polar surface area (TPSA) is 34.9 Å². The van der Waals surface area contributed by atoms with Crippen molar-refractivity contribution in [2.75, 3.05) is 0 Å². The normalized spacial score (nSPS) is 9.40. The lowest BCUT2D eigenvalue weighted by Gasteiger charge is -2.01. The van der Waals surface area contributed by atoms with Crippen LogP contribution in [0.1, 0.15) is 16.1 Å². The van der Waals surface area contributed by atoms with Crippen LogP contribution in [0.25, 0.3) is 0 Å². The average molecular weight is 223 g/mol. The highest BCUT2D eigenvalue weighted by Gasteiger charge is 2.10. The molecule has 0 aliphatic heterocycles. The molecule has 2 aromatic heterocycles. The summed E-state index contributed by atoms with van der Waals surface area (Å²) in [4.78, 5) is 15.8. The van der Waals surface area contributed by atoms with Crippen molar-refractivity contribution >= 4 is 18.2 Å². The maximum absolute atomic E-state index is 11.9. The molecular weight excluding hydrogens is 212 g/mol. The Morgan fingerprint density at radius 1 is 1.27 bits per heavy atom. The Labute approximate surface area is 94.2 Å². The standard InChI is InChI=1S/C11H10N2O.ClH/c1-13-8-2-3-10(13)11(14)9-4-6-12-7-5-9;/h2-8H,1H3;1H. The summed E-state index contributed by atoms with van der Waals surface area (Å²) in [5.74, 6) is 0.0277. The van der Waals surface area contributed by atoms with Gasteiger partial charge in [0.25, 0.3) is 0 Å². The molecule has 0 fully saturated rings. The number of pyridine rings is 1. The number of hydrogen-bond donors (Lipinski definition) is 0. The van der Waals surface area contributed by atoms with Gasteiger partial charge in [-0.1, -0.05) is 0 Å². The first-order valence-corrected chi connectivity index (χ1v) is 4.35. The van der Waals surface area contributed by atoms with Crippen LogP contribution in [0.5, 0.6) is 0 Å². The molecule has 0 amide bonds. The van der Waals surface area contributed by atoms with E-state index in [1.807, 2.05) is 29.9 Å². The zero-order valence-electron chi connectivity index (χ0n) is 8.25. The molecule has 0 spiro atoms. The van der Waals surface area contributed by atoms with Gasteiger partial charge in [0, 0.05) is 31.2 Å². The van der Waals surface area contributed by atoms with E-state index in [1.165, 1.54) is 0 Å².